The second-order valence-electron chi connectivity index (χ2n) is 4.39. The Labute approximate surface area is 103 Å². The Morgan fingerprint density at radius 2 is 2.33 bits per heavy atom. The zero-order chi connectivity index (χ0) is 12.5. The second kappa shape index (κ2) is 4.30. The van der Waals surface area contributed by atoms with Gasteiger partial charge in [-0.05, 0) is 12.1 Å². The zero-order valence-corrected chi connectivity index (χ0v) is 9.57. The molecule has 3 heterocycles. The SMILES string of the molecule is O=C(O)C1CN(Cc2cc(-c3ccco3)on2)C1. The highest BCUT2D eigenvalue weighted by Crippen LogP contribution is 2.23. The summed E-state index contributed by atoms with van der Waals surface area (Å²) in [6.07, 6.45) is 1.57. The first-order valence-corrected chi connectivity index (χ1v) is 5.67. The number of carboxylic acids is 1. The van der Waals surface area contributed by atoms with E-state index >= 15 is 0 Å². The van der Waals surface area contributed by atoms with E-state index < -0.39 is 5.97 Å². The van der Waals surface area contributed by atoms with Gasteiger partial charge in [0.15, 0.2) is 5.76 Å². The average molecular weight is 248 g/mol. The van der Waals surface area contributed by atoms with Gasteiger partial charge in [0.1, 0.15) is 0 Å². The van der Waals surface area contributed by atoms with Crippen LogP contribution >= 0.6 is 0 Å². The fourth-order valence-corrected chi connectivity index (χ4v) is 2.01. The molecule has 2 aromatic rings. The maximum Gasteiger partial charge on any atom is 0.309 e. The fourth-order valence-electron chi connectivity index (χ4n) is 2.01. The van der Waals surface area contributed by atoms with Crippen LogP contribution in [0.3, 0.4) is 0 Å². The summed E-state index contributed by atoms with van der Waals surface area (Å²) in [5.41, 5.74) is 0.783. The number of aliphatic carboxylic acids is 1. The largest absolute Gasteiger partial charge is 0.481 e. The maximum atomic E-state index is 10.7. The Bertz CT molecular complexity index is 540. The van der Waals surface area contributed by atoms with Crippen molar-refractivity contribution in [3.8, 4) is 11.5 Å². The first-order valence-electron chi connectivity index (χ1n) is 5.67. The van der Waals surface area contributed by atoms with Gasteiger partial charge in [0.25, 0.3) is 0 Å². The normalized spacial score (nSPS) is 16.7. The van der Waals surface area contributed by atoms with Crippen LogP contribution in [0.1, 0.15) is 5.69 Å². The predicted octanol–water partition coefficient (Wildman–Crippen LogP) is 1.45. The Balaban J connectivity index is 1.60. The lowest BCUT2D eigenvalue weighted by molar-refractivity contribution is -0.147. The van der Waals surface area contributed by atoms with Crippen LogP contribution in [0.5, 0.6) is 0 Å². The molecule has 1 aliphatic heterocycles. The van der Waals surface area contributed by atoms with Gasteiger partial charge in [0.2, 0.25) is 5.76 Å². The number of rotatable bonds is 4. The lowest BCUT2D eigenvalue weighted by Gasteiger charge is -2.35. The number of carbonyl (C=O) groups is 1. The summed E-state index contributed by atoms with van der Waals surface area (Å²) < 4.78 is 10.4. The summed E-state index contributed by atoms with van der Waals surface area (Å²) in [4.78, 5) is 12.7. The molecule has 0 saturated carbocycles. The molecule has 0 aliphatic carbocycles. The summed E-state index contributed by atoms with van der Waals surface area (Å²) in [6, 6.07) is 5.39. The van der Waals surface area contributed by atoms with E-state index in [1.807, 2.05) is 11.0 Å². The van der Waals surface area contributed by atoms with Gasteiger partial charge < -0.3 is 14.0 Å². The minimum atomic E-state index is -0.734. The van der Waals surface area contributed by atoms with Crippen molar-refractivity contribution in [3.63, 3.8) is 0 Å². The summed E-state index contributed by atoms with van der Waals surface area (Å²) in [7, 11) is 0. The van der Waals surface area contributed by atoms with Crippen molar-refractivity contribution < 1.29 is 18.8 Å². The molecule has 2 aromatic heterocycles. The van der Waals surface area contributed by atoms with Crippen molar-refractivity contribution in [2.75, 3.05) is 13.1 Å². The standard InChI is InChI=1S/C12H12N2O4/c15-12(16)8-5-14(6-8)7-9-4-11(18-13-9)10-2-1-3-17-10/h1-4,8H,5-7H2,(H,15,16). The topological polar surface area (TPSA) is 79.7 Å². The van der Waals surface area contributed by atoms with E-state index in [0.29, 0.717) is 31.2 Å². The van der Waals surface area contributed by atoms with E-state index in [2.05, 4.69) is 5.16 Å². The molecule has 94 valence electrons. The minimum Gasteiger partial charge on any atom is -0.481 e. The molecule has 0 radical (unpaired) electrons. The summed E-state index contributed by atoms with van der Waals surface area (Å²) >= 11 is 0. The number of aromatic nitrogens is 1. The molecule has 18 heavy (non-hydrogen) atoms. The fraction of sp³-hybridized carbons (Fsp3) is 0.333. The molecule has 1 aliphatic rings. The first kappa shape index (κ1) is 11.0. The smallest absolute Gasteiger partial charge is 0.309 e. The van der Waals surface area contributed by atoms with Gasteiger partial charge in [-0.2, -0.15) is 0 Å². The monoisotopic (exact) mass is 248 g/mol. The van der Waals surface area contributed by atoms with Gasteiger partial charge in [-0.1, -0.05) is 5.16 Å². The van der Waals surface area contributed by atoms with Crippen LogP contribution in [-0.4, -0.2) is 34.2 Å². The Hall–Kier alpha value is -2.08. The number of carboxylic acid groups (broad SMARTS) is 1. The zero-order valence-electron chi connectivity index (χ0n) is 9.57. The molecule has 1 saturated heterocycles. The number of likely N-dealkylation sites (tertiary alicyclic amines) is 1. The van der Waals surface area contributed by atoms with Gasteiger partial charge in [-0.15, -0.1) is 0 Å². The van der Waals surface area contributed by atoms with Crippen LogP contribution in [0.15, 0.2) is 33.4 Å². The van der Waals surface area contributed by atoms with Crippen LogP contribution in [0, 0.1) is 5.92 Å². The lowest BCUT2D eigenvalue weighted by Crippen LogP contribution is -2.49. The number of furan rings is 1. The number of nitrogens with zero attached hydrogens (tertiary/aromatic N) is 2. The molecule has 0 amide bonds. The summed E-state index contributed by atoms with van der Waals surface area (Å²) in [5, 5.41) is 12.7. The van der Waals surface area contributed by atoms with Crippen molar-refractivity contribution in [3.05, 3.63) is 30.2 Å². The average Bonchev–Trinajstić information content (AvgIpc) is 2.92. The molecule has 1 fully saturated rings. The highest BCUT2D eigenvalue weighted by Gasteiger charge is 2.32. The molecule has 6 nitrogen and oxygen atoms in total. The number of hydrogen-bond donors (Lipinski definition) is 1. The Kier molecular flexibility index (Phi) is 2.64. The van der Waals surface area contributed by atoms with Gasteiger partial charge in [-0.3, -0.25) is 9.69 Å². The predicted molar refractivity (Wildman–Crippen MR) is 60.6 cm³/mol. The molecule has 0 spiro atoms. The molecular formula is C12H12N2O4. The number of hydrogen-bond acceptors (Lipinski definition) is 5. The van der Waals surface area contributed by atoms with E-state index in [-0.39, 0.29) is 5.92 Å². The first-order chi connectivity index (χ1) is 8.72. The Morgan fingerprint density at radius 1 is 1.50 bits per heavy atom. The molecule has 1 N–H and O–H groups in total. The highest BCUT2D eigenvalue weighted by molar-refractivity contribution is 5.71. The third-order valence-corrected chi connectivity index (χ3v) is 3.01. The third kappa shape index (κ3) is 2.02. The molecule has 0 atom stereocenters. The van der Waals surface area contributed by atoms with Crippen LogP contribution in [0.2, 0.25) is 0 Å². The second-order valence-corrected chi connectivity index (χ2v) is 4.39. The summed E-state index contributed by atoms with van der Waals surface area (Å²) in [5.74, 6) is 0.246. The van der Waals surface area contributed by atoms with Crippen molar-refractivity contribution >= 4 is 5.97 Å². The highest BCUT2D eigenvalue weighted by atomic mass is 16.5. The maximum absolute atomic E-state index is 10.7. The third-order valence-electron chi connectivity index (χ3n) is 3.01. The molecule has 3 rings (SSSR count). The molecule has 0 bridgehead atoms. The van der Waals surface area contributed by atoms with Crippen molar-refractivity contribution in [1.82, 2.24) is 10.1 Å². The van der Waals surface area contributed by atoms with Gasteiger partial charge in [0, 0.05) is 25.7 Å². The molecule has 6 heteroatoms. The van der Waals surface area contributed by atoms with Crippen LogP contribution in [0.25, 0.3) is 11.5 Å². The minimum absolute atomic E-state index is 0.249. The van der Waals surface area contributed by atoms with Gasteiger partial charge in [0.05, 0.1) is 17.9 Å². The van der Waals surface area contributed by atoms with Crippen LogP contribution in [-0.2, 0) is 11.3 Å². The molecular weight excluding hydrogens is 236 g/mol. The van der Waals surface area contributed by atoms with Gasteiger partial charge >= 0.3 is 5.97 Å². The van der Waals surface area contributed by atoms with E-state index in [0.717, 1.165) is 5.69 Å². The van der Waals surface area contributed by atoms with E-state index in [1.54, 1.807) is 18.4 Å². The van der Waals surface area contributed by atoms with Gasteiger partial charge in [-0.25, -0.2) is 0 Å². The van der Waals surface area contributed by atoms with Crippen molar-refractivity contribution in [2.24, 2.45) is 5.92 Å². The van der Waals surface area contributed by atoms with Crippen LogP contribution < -0.4 is 0 Å². The van der Waals surface area contributed by atoms with Crippen LogP contribution in [0.4, 0.5) is 0 Å². The van der Waals surface area contributed by atoms with E-state index in [1.165, 1.54) is 0 Å². The molecule has 0 aromatic carbocycles. The van der Waals surface area contributed by atoms with Crippen molar-refractivity contribution in [2.45, 2.75) is 6.54 Å². The lowest BCUT2D eigenvalue weighted by atomic mass is 10.0. The summed E-state index contributed by atoms with van der Waals surface area (Å²) in [6.45, 7) is 1.74. The van der Waals surface area contributed by atoms with E-state index in [9.17, 15) is 4.79 Å². The van der Waals surface area contributed by atoms with E-state index in [4.69, 9.17) is 14.0 Å². The Morgan fingerprint density at radius 3 is 3.00 bits per heavy atom. The molecule has 0 unspecified atom stereocenters. The quantitative estimate of drug-likeness (QED) is 0.882. The van der Waals surface area contributed by atoms with Crippen molar-refractivity contribution in [1.29, 1.82) is 0 Å².